The van der Waals surface area contributed by atoms with Gasteiger partial charge in [-0.1, -0.05) is 0 Å². The van der Waals surface area contributed by atoms with Crippen LogP contribution in [0.3, 0.4) is 0 Å². The maximum Gasteiger partial charge on any atom is 0.340 e. The molecule has 0 unspecified atom stereocenters. The molecule has 92 valence electrons. The Morgan fingerprint density at radius 1 is 1.59 bits per heavy atom. The summed E-state index contributed by atoms with van der Waals surface area (Å²) in [4.78, 5) is 23.3. The van der Waals surface area contributed by atoms with Crippen molar-refractivity contribution >= 4 is 28.2 Å². The highest BCUT2D eigenvalue weighted by molar-refractivity contribution is 7.14. The first-order chi connectivity index (χ1) is 8.22. The molecule has 0 radical (unpaired) electrons. The quantitative estimate of drug-likeness (QED) is 0.796. The van der Waals surface area contributed by atoms with Crippen molar-refractivity contribution in [3.63, 3.8) is 0 Å². The smallest absolute Gasteiger partial charge is 0.340 e. The van der Waals surface area contributed by atoms with Gasteiger partial charge in [-0.05, 0) is 30.8 Å². The van der Waals surface area contributed by atoms with Crippen LogP contribution in [-0.4, -0.2) is 31.6 Å². The molecule has 0 aromatic carbocycles. The van der Waals surface area contributed by atoms with Gasteiger partial charge >= 0.3 is 5.97 Å². The fraction of sp³-hybridized carbons (Fsp3) is 0.455. The Balaban J connectivity index is 2.05. The van der Waals surface area contributed by atoms with E-state index in [-0.39, 0.29) is 11.9 Å². The van der Waals surface area contributed by atoms with Gasteiger partial charge in [-0.25, -0.2) is 4.79 Å². The van der Waals surface area contributed by atoms with Crippen LogP contribution in [0.25, 0.3) is 0 Å². The van der Waals surface area contributed by atoms with Crippen molar-refractivity contribution in [3.8, 4) is 0 Å². The number of hydrogen-bond donors (Lipinski definition) is 2. The van der Waals surface area contributed by atoms with Crippen molar-refractivity contribution in [3.05, 3.63) is 17.0 Å². The lowest BCUT2D eigenvalue weighted by molar-refractivity contribution is -0.117. The van der Waals surface area contributed by atoms with E-state index in [1.165, 1.54) is 18.4 Å². The zero-order valence-electron chi connectivity index (χ0n) is 9.49. The Morgan fingerprint density at radius 3 is 3.06 bits per heavy atom. The van der Waals surface area contributed by atoms with Gasteiger partial charge in [0.2, 0.25) is 5.91 Å². The summed E-state index contributed by atoms with van der Waals surface area (Å²) in [5.41, 5.74) is 0.406. The summed E-state index contributed by atoms with van der Waals surface area (Å²) in [6.45, 7) is 0.867. The van der Waals surface area contributed by atoms with Gasteiger partial charge in [0.05, 0.1) is 18.7 Å². The van der Waals surface area contributed by atoms with E-state index in [0.717, 1.165) is 19.4 Å². The molecular weight excluding hydrogens is 240 g/mol. The number of amides is 1. The van der Waals surface area contributed by atoms with Crippen LogP contribution in [0.2, 0.25) is 0 Å². The number of ether oxygens (including phenoxy) is 1. The summed E-state index contributed by atoms with van der Waals surface area (Å²) in [7, 11) is 1.32. The van der Waals surface area contributed by atoms with Crippen LogP contribution in [0, 0.1) is 0 Å². The highest BCUT2D eigenvalue weighted by Gasteiger charge is 2.24. The van der Waals surface area contributed by atoms with Gasteiger partial charge in [0, 0.05) is 0 Å². The monoisotopic (exact) mass is 254 g/mol. The number of thiophene rings is 1. The van der Waals surface area contributed by atoms with Crippen LogP contribution in [0.5, 0.6) is 0 Å². The minimum atomic E-state index is -0.430. The molecule has 0 aliphatic carbocycles. The van der Waals surface area contributed by atoms with Crippen LogP contribution in [0.4, 0.5) is 5.00 Å². The Kier molecular flexibility index (Phi) is 3.75. The summed E-state index contributed by atoms with van der Waals surface area (Å²) >= 11 is 1.32. The fourth-order valence-corrected chi connectivity index (χ4v) is 2.56. The summed E-state index contributed by atoms with van der Waals surface area (Å²) in [6, 6.07) is 1.50. The van der Waals surface area contributed by atoms with Crippen molar-refractivity contribution in [1.29, 1.82) is 0 Å². The second-order valence-electron chi connectivity index (χ2n) is 3.79. The number of nitrogens with one attached hydrogen (secondary N) is 2. The molecule has 0 saturated carbocycles. The first kappa shape index (κ1) is 12.1. The lowest BCUT2D eigenvalue weighted by atomic mass is 10.2. The van der Waals surface area contributed by atoms with Gasteiger partial charge in [0.15, 0.2) is 0 Å². The summed E-state index contributed by atoms with van der Waals surface area (Å²) in [5.74, 6) is -0.518. The van der Waals surface area contributed by atoms with Gasteiger partial charge < -0.3 is 15.4 Å². The van der Waals surface area contributed by atoms with Crippen LogP contribution in [0.15, 0.2) is 11.4 Å². The molecule has 1 saturated heterocycles. The average molecular weight is 254 g/mol. The third-order valence-corrected chi connectivity index (χ3v) is 3.51. The van der Waals surface area contributed by atoms with Gasteiger partial charge in [0.1, 0.15) is 5.00 Å². The molecule has 2 heterocycles. The zero-order chi connectivity index (χ0) is 12.3. The van der Waals surface area contributed by atoms with Gasteiger partial charge in [-0.15, -0.1) is 11.3 Å². The van der Waals surface area contributed by atoms with Crippen molar-refractivity contribution in [2.24, 2.45) is 0 Å². The molecule has 1 aromatic rings. The van der Waals surface area contributed by atoms with E-state index in [0.29, 0.717) is 10.6 Å². The summed E-state index contributed by atoms with van der Waals surface area (Å²) < 4.78 is 4.64. The van der Waals surface area contributed by atoms with Gasteiger partial charge in [-0.3, -0.25) is 4.79 Å². The summed E-state index contributed by atoms with van der Waals surface area (Å²) in [5, 5.41) is 8.18. The SMILES string of the molecule is COC(=O)c1ccsc1NC(=O)[C@@H]1CCCN1. The second kappa shape index (κ2) is 5.29. The molecule has 17 heavy (non-hydrogen) atoms. The minimum absolute atomic E-state index is 0.0879. The van der Waals surface area contributed by atoms with Crippen LogP contribution in [-0.2, 0) is 9.53 Å². The van der Waals surface area contributed by atoms with Crippen LogP contribution < -0.4 is 10.6 Å². The molecule has 6 heteroatoms. The Labute approximate surface area is 103 Å². The minimum Gasteiger partial charge on any atom is -0.465 e. The molecular formula is C11H14N2O3S. The molecule has 1 amide bonds. The van der Waals surface area contributed by atoms with Crippen LogP contribution in [0.1, 0.15) is 23.2 Å². The molecule has 5 nitrogen and oxygen atoms in total. The third kappa shape index (κ3) is 2.65. The molecule has 1 atom stereocenters. The number of anilines is 1. The zero-order valence-corrected chi connectivity index (χ0v) is 10.3. The first-order valence-corrected chi connectivity index (χ1v) is 6.30. The van der Waals surface area contributed by atoms with E-state index in [9.17, 15) is 9.59 Å². The Hall–Kier alpha value is -1.40. The van der Waals surface area contributed by atoms with Crippen LogP contribution >= 0.6 is 11.3 Å². The molecule has 2 rings (SSSR count). The van der Waals surface area contributed by atoms with E-state index in [1.54, 1.807) is 11.4 Å². The van der Waals surface area contributed by atoms with E-state index in [2.05, 4.69) is 15.4 Å². The normalized spacial score (nSPS) is 19.0. The highest BCUT2D eigenvalue weighted by atomic mass is 32.1. The third-order valence-electron chi connectivity index (χ3n) is 2.68. The Morgan fingerprint density at radius 2 is 2.41 bits per heavy atom. The Bertz CT molecular complexity index is 424. The number of esters is 1. The van der Waals surface area contributed by atoms with E-state index in [4.69, 9.17) is 0 Å². The fourth-order valence-electron chi connectivity index (χ4n) is 1.78. The lowest BCUT2D eigenvalue weighted by Gasteiger charge is -2.10. The first-order valence-electron chi connectivity index (χ1n) is 5.42. The summed E-state index contributed by atoms with van der Waals surface area (Å²) in [6.07, 6.45) is 1.84. The van der Waals surface area contributed by atoms with E-state index >= 15 is 0 Å². The second-order valence-corrected chi connectivity index (χ2v) is 4.71. The molecule has 1 aromatic heterocycles. The van der Waals surface area contributed by atoms with Crippen molar-refractivity contribution < 1.29 is 14.3 Å². The van der Waals surface area contributed by atoms with Crippen molar-refractivity contribution in [1.82, 2.24) is 5.32 Å². The molecule has 0 spiro atoms. The molecule has 1 aliphatic heterocycles. The number of methoxy groups -OCH3 is 1. The number of carbonyl (C=O) groups is 2. The molecule has 1 fully saturated rings. The van der Waals surface area contributed by atoms with Gasteiger partial charge in [0.25, 0.3) is 0 Å². The lowest BCUT2D eigenvalue weighted by Crippen LogP contribution is -2.35. The number of carbonyl (C=O) groups excluding carboxylic acids is 2. The number of hydrogen-bond acceptors (Lipinski definition) is 5. The largest absolute Gasteiger partial charge is 0.465 e. The maximum atomic E-state index is 11.9. The highest BCUT2D eigenvalue weighted by Crippen LogP contribution is 2.24. The maximum absolute atomic E-state index is 11.9. The molecule has 0 bridgehead atoms. The molecule has 2 N–H and O–H groups in total. The standard InChI is InChI=1S/C11H14N2O3S/c1-16-11(15)7-4-6-17-10(7)13-9(14)8-3-2-5-12-8/h4,6,8,12H,2-3,5H2,1H3,(H,13,14)/t8-/m0/s1. The van der Waals surface area contributed by atoms with Crippen molar-refractivity contribution in [2.45, 2.75) is 18.9 Å². The number of rotatable bonds is 3. The van der Waals surface area contributed by atoms with Crippen molar-refractivity contribution in [2.75, 3.05) is 19.0 Å². The van der Waals surface area contributed by atoms with E-state index < -0.39 is 5.97 Å². The predicted molar refractivity (Wildman–Crippen MR) is 65.3 cm³/mol. The molecule has 1 aliphatic rings. The van der Waals surface area contributed by atoms with Gasteiger partial charge in [-0.2, -0.15) is 0 Å². The predicted octanol–water partition coefficient (Wildman–Crippen LogP) is 1.23. The average Bonchev–Trinajstić information content (AvgIpc) is 2.98. The van der Waals surface area contributed by atoms with E-state index in [1.807, 2.05) is 0 Å². The topological polar surface area (TPSA) is 67.4 Å².